The molecule has 1 aliphatic rings. The molecule has 23 heavy (non-hydrogen) atoms. The topological polar surface area (TPSA) is 104 Å². The van der Waals surface area contributed by atoms with E-state index < -0.39 is 0 Å². The van der Waals surface area contributed by atoms with Gasteiger partial charge in [-0.05, 0) is 43.5 Å². The van der Waals surface area contributed by atoms with E-state index in [-0.39, 0.29) is 17.2 Å². The Balaban J connectivity index is 2.12. The van der Waals surface area contributed by atoms with Crippen LogP contribution in [0.1, 0.15) is 29.6 Å². The predicted octanol–water partition coefficient (Wildman–Crippen LogP) is 2.55. The molecule has 0 saturated carbocycles. The maximum atomic E-state index is 12.3. The highest BCUT2D eigenvalue weighted by atomic mass is 16.2. The number of allylic oxidation sites excluding steroid dienone is 2. The number of nitriles is 3. The minimum atomic E-state index is -0.277. The first kappa shape index (κ1) is 16.1. The summed E-state index contributed by atoms with van der Waals surface area (Å²) in [7, 11) is 0. The number of amides is 1. The number of carbonyl (C=O) groups excluding carboxylic acids is 1. The summed E-state index contributed by atoms with van der Waals surface area (Å²) in [6, 6.07) is 11.8. The van der Waals surface area contributed by atoms with Crippen molar-refractivity contribution in [2.45, 2.75) is 19.3 Å². The molecule has 0 aliphatic carbocycles. The molecule has 2 rings (SSSR count). The summed E-state index contributed by atoms with van der Waals surface area (Å²) in [6.45, 7) is 1.57. The van der Waals surface area contributed by atoms with E-state index in [0.717, 1.165) is 32.4 Å². The Bertz CT molecular complexity index is 721. The average molecular weight is 305 g/mol. The smallest absolute Gasteiger partial charge is 0.253 e. The van der Waals surface area contributed by atoms with Crippen LogP contribution in [-0.2, 0) is 0 Å². The van der Waals surface area contributed by atoms with Crippen LogP contribution in [-0.4, -0.2) is 23.9 Å². The largest absolute Gasteiger partial charge is 0.345 e. The van der Waals surface area contributed by atoms with Crippen LogP contribution in [0.5, 0.6) is 0 Å². The summed E-state index contributed by atoms with van der Waals surface area (Å²) in [5, 5.41) is 29.3. The molecule has 0 spiro atoms. The Morgan fingerprint density at radius 3 is 2.09 bits per heavy atom. The average Bonchev–Trinajstić information content (AvgIpc) is 2.62. The van der Waals surface area contributed by atoms with Gasteiger partial charge in [-0.2, -0.15) is 15.8 Å². The summed E-state index contributed by atoms with van der Waals surface area (Å²) in [4.78, 5) is 14.2. The maximum absolute atomic E-state index is 12.3. The lowest BCUT2D eigenvalue weighted by atomic mass is 10.1. The van der Waals surface area contributed by atoms with Crippen molar-refractivity contribution in [2.75, 3.05) is 18.4 Å². The van der Waals surface area contributed by atoms with Crippen LogP contribution in [0.15, 0.2) is 35.5 Å². The number of anilines is 1. The number of nitrogens with one attached hydrogen (secondary N) is 1. The van der Waals surface area contributed by atoms with Crippen LogP contribution in [0.4, 0.5) is 5.69 Å². The van der Waals surface area contributed by atoms with Crippen molar-refractivity contribution in [3.8, 4) is 18.2 Å². The lowest BCUT2D eigenvalue weighted by Crippen LogP contribution is -2.35. The van der Waals surface area contributed by atoms with E-state index in [0.29, 0.717) is 11.3 Å². The van der Waals surface area contributed by atoms with Gasteiger partial charge in [0.15, 0.2) is 5.57 Å². The van der Waals surface area contributed by atoms with Gasteiger partial charge in [0.05, 0.1) is 0 Å². The normalized spacial score (nSPS) is 13.2. The number of carbonyl (C=O) groups is 1. The molecule has 1 aliphatic heterocycles. The Kier molecular flexibility index (Phi) is 5.34. The maximum Gasteiger partial charge on any atom is 0.253 e. The number of rotatable bonds is 3. The van der Waals surface area contributed by atoms with Crippen molar-refractivity contribution in [3.05, 3.63) is 41.1 Å². The highest BCUT2D eigenvalue weighted by Gasteiger charge is 2.18. The molecular formula is C17H15N5O. The van der Waals surface area contributed by atoms with Gasteiger partial charge >= 0.3 is 0 Å². The molecule has 1 fully saturated rings. The molecule has 0 aromatic heterocycles. The van der Waals surface area contributed by atoms with Crippen LogP contribution < -0.4 is 5.32 Å². The Hall–Kier alpha value is -3.30. The molecule has 114 valence electrons. The van der Waals surface area contributed by atoms with E-state index in [1.807, 2.05) is 4.90 Å². The van der Waals surface area contributed by atoms with E-state index >= 15 is 0 Å². The molecule has 1 saturated heterocycles. The minimum Gasteiger partial charge on any atom is -0.345 e. The van der Waals surface area contributed by atoms with E-state index in [1.54, 1.807) is 42.5 Å². The van der Waals surface area contributed by atoms with Gasteiger partial charge in [0, 0.05) is 24.3 Å². The predicted molar refractivity (Wildman–Crippen MR) is 83.7 cm³/mol. The summed E-state index contributed by atoms with van der Waals surface area (Å²) in [5.74, 6) is 0.00189. The number of nitrogens with zero attached hydrogens (tertiary/aromatic N) is 4. The molecule has 6 nitrogen and oxygen atoms in total. The van der Waals surface area contributed by atoms with Gasteiger partial charge in [0.25, 0.3) is 5.91 Å². The van der Waals surface area contributed by atoms with Gasteiger partial charge in [-0.1, -0.05) is 0 Å². The Labute approximate surface area is 134 Å². The first-order valence-corrected chi connectivity index (χ1v) is 7.30. The second-order valence-corrected chi connectivity index (χ2v) is 5.14. The van der Waals surface area contributed by atoms with Gasteiger partial charge < -0.3 is 10.2 Å². The monoisotopic (exact) mass is 305 g/mol. The standard InChI is InChI=1S/C17H15N5O/c18-10-14(11-19)16(12-20)21-15-6-4-13(5-7-15)17(23)22-8-2-1-3-9-22/h4-7,21H,1-3,8-9H2. The lowest BCUT2D eigenvalue weighted by Gasteiger charge is -2.26. The van der Waals surface area contributed by atoms with E-state index in [9.17, 15) is 4.79 Å². The minimum absolute atomic E-state index is 0.00189. The van der Waals surface area contributed by atoms with Gasteiger partial charge in [0.2, 0.25) is 0 Å². The fourth-order valence-corrected chi connectivity index (χ4v) is 2.40. The third kappa shape index (κ3) is 3.87. The summed E-state index contributed by atoms with van der Waals surface area (Å²) in [5.41, 5.74) is 0.742. The third-order valence-corrected chi connectivity index (χ3v) is 3.63. The highest BCUT2D eigenvalue weighted by molar-refractivity contribution is 5.94. The first-order chi connectivity index (χ1) is 11.2. The fraction of sp³-hybridized carbons (Fsp3) is 0.294. The van der Waals surface area contributed by atoms with Gasteiger partial charge in [-0.25, -0.2) is 0 Å². The molecule has 6 heteroatoms. The lowest BCUT2D eigenvalue weighted by molar-refractivity contribution is 0.0724. The van der Waals surface area contributed by atoms with Crippen LogP contribution in [0.25, 0.3) is 0 Å². The second kappa shape index (κ2) is 7.64. The van der Waals surface area contributed by atoms with Crippen LogP contribution in [0.2, 0.25) is 0 Å². The fourth-order valence-electron chi connectivity index (χ4n) is 2.40. The van der Waals surface area contributed by atoms with Crippen molar-refractivity contribution in [2.24, 2.45) is 0 Å². The van der Waals surface area contributed by atoms with E-state index in [4.69, 9.17) is 15.8 Å². The third-order valence-electron chi connectivity index (χ3n) is 3.63. The summed E-state index contributed by atoms with van der Waals surface area (Å²) < 4.78 is 0. The quantitative estimate of drug-likeness (QED) is 0.864. The highest BCUT2D eigenvalue weighted by Crippen LogP contribution is 2.17. The Morgan fingerprint density at radius 2 is 1.57 bits per heavy atom. The number of piperidine rings is 1. The van der Waals surface area contributed by atoms with Crippen molar-refractivity contribution in [1.29, 1.82) is 15.8 Å². The SMILES string of the molecule is N#CC(C#N)=C(C#N)Nc1ccc(C(=O)N2CCCCC2)cc1. The van der Waals surface area contributed by atoms with Crippen molar-refractivity contribution >= 4 is 11.6 Å². The van der Waals surface area contributed by atoms with Gasteiger partial charge in [-0.15, -0.1) is 0 Å². The molecule has 1 aromatic carbocycles. The van der Waals surface area contributed by atoms with Crippen molar-refractivity contribution < 1.29 is 4.79 Å². The summed E-state index contributed by atoms with van der Waals surface area (Å²) in [6.07, 6.45) is 3.23. The zero-order valence-electron chi connectivity index (χ0n) is 12.5. The van der Waals surface area contributed by atoms with Gasteiger partial charge in [-0.3, -0.25) is 4.79 Å². The molecule has 1 N–H and O–H groups in total. The van der Waals surface area contributed by atoms with E-state index in [1.165, 1.54) is 0 Å². The summed E-state index contributed by atoms with van der Waals surface area (Å²) >= 11 is 0. The molecule has 0 unspecified atom stereocenters. The van der Waals surface area contributed by atoms with Crippen LogP contribution in [0.3, 0.4) is 0 Å². The van der Waals surface area contributed by atoms with Crippen LogP contribution in [0, 0.1) is 34.0 Å². The van der Waals surface area contributed by atoms with Gasteiger partial charge in [0.1, 0.15) is 23.9 Å². The van der Waals surface area contributed by atoms with Crippen molar-refractivity contribution in [3.63, 3.8) is 0 Å². The zero-order valence-corrected chi connectivity index (χ0v) is 12.5. The molecule has 1 amide bonds. The van der Waals surface area contributed by atoms with Crippen LogP contribution >= 0.6 is 0 Å². The number of hydrogen-bond donors (Lipinski definition) is 1. The number of benzene rings is 1. The first-order valence-electron chi connectivity index (χ1n) is 7.30. The molecule has 0 atom stereocenters. The number of likely N-dealkylation sites (tertiary alicyclic amines) is 1. The second-order valence-electron chi connectivity index (χ2n) is 5.14. The molecule has 1 heterocycles. The number of hydrogen-bond acceptors (Lipinski definition) is 5. The molecule has 0 radical (unpaired) electrons. The molecule has 1 aromatic rings. The van der Waals surface area contributed by atoms with E-state index in [2.05, 4.69) is 5.32 Å². The Morgan fingerprint density at radius 1 is 0.957 bits per heavy atom. The molecular weight excluding hydrogens is 290 g/mol. The van der Waals surface area contributed by atoms with Crippen molar-refractivity contribution in [1.82, 2.24) is 4.90 Å². The molecule has 0 bridgehead atoms. The zero-order chi connectivity index (χ0) is 16.7.